The topological polar surface area (TPSA) is 73.6 Å². The molecule has 1 fully saturated rings. The van der Waals surface area contributed by atoms with Crippen LogP contribution in [0.5, 0.6) is 5.75 Å². The first-order valence-corrected chi connectivity index (χ1v) is 7.48. The Morgan fingerprint density at radius 1 is 1.25 bits per heavy atom. The summed E-state index contributed by atoms with van der Waals surface area (Å²) in [7, 11) is 0. The van der Waals surface area contributed by atoms with Crippen LogP contribution in [-0.2, 0) is 6.54 Å². The zero-order valence-electron chi connectivity index (χ0n) is 12.1. The second-order valence-corrected chi connectivity index (χ2v) is 5.47. The smallest absolute Gasteiger partial charge is 0.119 e. The number of ether oxygens (including phenoxy) is 1. The number of benzene rings is 1. The number of nitrogens with zero attached hydrogens (tertiary/aromatic N) is 1. The van der Waals surface area contributed by atoms with Crippen LogP contribution in [0.2, 0.25) is 0 Å². The summed E-state index contributed by atoms with van der Waals surface area (Å²) < 4.78 is 5.91. The minimum Gasteiger partial charge on any atom is -0.493 e. The standard InChI is InChI=1S/C16H25N3O/c17-10-16(18)19-11-14-7-4-8-15(9-14)20-12-13-5-2-1-3-6-13/h4,7-9,13H,1-3,5-6,10-12,17H2,(H2,18,19). The summed E-state index contributed by atoms with van der Waals surface area (Å²) in [5.74, 6) is 2.13. The van der Waals surface area contributed by atoms with Gasteiger partial charge >= 0.3 is 0 Å². The zero-order valence-corrected chi connectivity index (χ0v) is 12.1. The van der Waals surface area contributed by atoms with E-state index in [9.17, 15) is 0 Å². The highest BCUT2D eigenvalue weighted by atomic mass is 16.5. The maximum Gasteiger partial charge on any atom is 0.119 e. The van der Waals surface area contributed by atoms with Crippen molar-refractivity contribution in [1.29, 1.82) is 0 Å². The first-order chi connectivity index (χ1) is 9.78. The normalized spacial score (nSPS) is 17.1. The Morgan fingerprint density at radius 3 is 2.80 bits per heavy atom. The van der Waals surface area contributed by atoms with Crippen LogP contribution in [-0.4, -0.2) is 19.0 Å². The molecule has 4 N–H and O–H groups in total. The lowest BCUT2D eigenvalue weighted by Gasteiger charge is -2.21. The molecule has 1 aliphatic carbocycles. The second kappa shape index (κ2) is 7.90. The van der Waals surface area contributed by atoms with Crippen LogP contribution >= 0.6 is 0 Å². The lowest BCUT2D eigenvalue weighted by Crippen LogP contribution is -2.23. The van der Waals surface area contributed by atoms with Crippen LogP contribution in [0.15, 0.2) is 29.3 Å². The SMILES string of the molecule is NCC(N)=NCc1cccc(OCC2CCCCC2)c1. The molecule has 0 spiro atoms. The summed E-state index contributed by atoms with van der Waals surface area (Å²) in [6.07, 6.45) is 6.68. The van der Waals surface area contributed by atoms with Crippen LogP contribution in [0.4, 0.5) is 0 Å². The predicted molar refractivity (Wildman–Crippen MR) is 82.9 cm³/mol. The van der Waals surface area contributed by atoms with E-state index in [0.717, 1.165) is 23.8 Å². The molecule has 1 aromatic carbocycles. The van der Waals surface area contributed by atoms with E-state index in [1.807, 2.05) is 24.3 Å². The van der Waals surface area contributed by atoms with Crippen molar-refractivity contribution >= 4 is 5.84 Å². The van der Waals surface area contributed by atoms with Crippen molar-refractivity contribution in [2.45, 2.75) is 38.6 Å². The van der Waals surface area contributed by atoms with E-state index in [2.05, 4.69) is 4.99 Å². The molecule has 1 aliphatic rings. The fraction of sp³-hybridized carbons (Fsp3) is 0.562. The second-order valence-electron chi connectivity index (χ2n) is 5.47. The molecule has 0 heterocycles. The van der Waals surface area contributed by atoms with Crippen LogP contribution in [0.3, 0.4) is 0 Å². The molecular weight excluding hydrogens is 250 g/mol. The van der Waals surface area contributed by atoms with Crippen molar-refractivity contribution in [3.63, 3.8) is 0 Å². The molecule has 0 aromatic heterocycles. The number of rotatable bonds is 6. The molecule has 110 valence electrons. The molecule has 20 heavy (non-hydrogen) atoms. The fourth-order valence-corrected chi connectivity index (χ4v) is 2.56. The Bertz CT molecular complexity index is 439. The molecule has 1 saturated carbocycles. The first kappa shape index (κ1) is 14.9. The van der Waals surface area contributed by atoms with Gasteiger partial charge in [0, 0.05) is 0 Å². The predicted octanol–water partition coefficient (Wildman–Crippen LogP) is 2.46. The monoisotopic (exact) mass is 275 g/mol. The molecule has 0 aliphatic heterocycles. The van der Waals surface area contributed by atoms with Crippen molar-refractivity contribution in [2.75, 3.05) is 13.2 Å². The molecule has 0 amide bonds. The molecule has 4 nitrogen and oxygen atoms in total. The van der Waals surface area contributed by atoms with Gasteiger partial charge < -0.3 is 16.2 Å². The van der Waals surface area contributed by atoms with Crippen molar-refractivity contribution < 1.29 is 4.74 Å². The molecule has 1 aromatic rings. The lowest BCUT2D eigenvalue weighted by atomic mass is 9.90. The van der Waals surface area contributed by atoms with Gasteiger partial charge in [-0.25, -0.2) is 0 Å². The van der Waals surface area contributed by atoms with E-state index >= 15 is 0 Å². The Labute approximate surface area is 121 Å². The Kier molecular flexibility index (Phi) is 5.87. The van der Waals surface area contributed by atoms with E-state index in [1.54, 1.807) is 0 Å². The average molecular weight is 275 g/mol. The summed E-state index contributed by atoms with van der Waals surface area (Å²) in [5.41, 5.74) is 12.1. The van der Waals surface area contributed by atoms with Gasteiger partial charge in [-0.3, -0.25) is 4.99 Å². The van der Waals surface area contributed by atoms with Crippen LogP contribution in [0.25, 0.3) is 0 Å². The van der Waals surface area contributed by atoms with E-state index in [1.165, 1.54) is 32.1 Å². The van der Waals surface area contributed by atoms with E-state index < -0.39 is 0 Å². The van der Waals surface area contributed by atoms with Gasteiger partial charge in [0.2, 0.25) is 0 Å². The lowest BCUT2D eigenvalue weighted by molar-refractivity contribution is 0.208. The van der Waals surface area contributed by atoms with Crippen molar-refractivity contribution in [2.24, 2.45) is 22.4 Å². The number of aliphatic imine (C=N–C) groups is 1. The van der Waals surface area contributed by atoms with E-state index in [0.29, 0.717) is 18.9 Å². The molecule has 0 bridgehead atoms. The molecular formula is C16H25N3O. The maximum absolute atomic E-state index is 5.91. The van der Waals surface area contributed by atoms with Gasteiger partial charge in [-0.05, 0) is 36.5 Å². The van der Waals surface area contributed by atoms with E-state index in [4.69, 9.17) is 16.2 Å². The van der Waals surface area contributed by atoms with Crippen LogP contribution < -0.4 is 16.2 Å². The van der Waals surface area contributed by atoms with Crippen molar-refractivity contribution in [3.05, 3.63) is 29.8 Å². The molecule has 4 heteroatoms. The van der Waals surface area contributed by atoms with Gasteiger partial charge in [0.25, 0.3) is 0 Å². The Morgan fingerprint density at radius 2 is 2.05 bits per heavy atom. The van der Waals surface area contributed by atoms with Crippen molar-refractivity contribution in [3.8, 4) is 5.75 Å². The Balaban J connectivity index is 1.85. The molecule has 0 radical (unpaired) electrons. The third kappa shape index (κ3) is 4.85. The van der Waals surface area contributed by atoms with Crippen LogP contribution in [0.1, 0.15) is 37.7 Å². The first-order valence-electron chi connectivity index (χ1n) is 7.48. The Hall–Kier alpha value is -1.55. The summed E-state index contributed by atoms with van der Waals surface area (Å²) in [4.78, 5) is 4.22. The highest BCUT2D eigenvalue weighted by Crippen LogP contribution is 2.24. The molecule has 0 atom stereocenters. The highest BCUT2D eigenvalue weighted by molar-refractivity contribution is 5.82. The number of amidine groups is 1. The minimum atomic E-state index is 0.303. The van der Waals surface area contributed by atoms with Gasteiger partial charge in [-0.2, -0.15) is 0 Å². The zero-order chi connectivity index (χ0) is 14.2. The number of nitrogens with two attached hydrogens (primary N) is 2. The maximum atomic E-state index is 5.91. The minimum absolute atomic E-state index is 0.303. The van der Waals surface area contributed by atoms with E-state index in [-0.39, 0.29) is 0 Å². The summed E-state index contributed by atoms with van der Waals surface area (Å²) in [6, 6.07) is 8.07. The molecule has 0 saturated heterocycles. The quantitative estimate of drug-likeness (QED) is 0.618. The van der Waals surface area contributed by atoms with Gasteiger partial charge in [0.15, 0.2) is 0 Å². The summed E-state index contributed by atoms with van der Waals surface area (Å²) in [6.45, 7) is 1.69. The highest BCUT2D eigenvalue weighted by Gasteiger charge is 2.13. The van der Waals surface area contributed by atoms with Gasteiger partial charge in [0.1, 0.15) is 11.6 Å². The van der Waals surface area contributed by atoms with Gasteiger partial charge in [0.05, 0.1) is 19.7 Å². The third-order valence-electron chi connectivity index (χ3n) is 3.78. The fourth-order valence-electron chi connectivity index (χ4n) is 2.56. The van der Waals surface area contributed by atoms with Crippen molar-refractivity contribution in [1.82, 2.24) is 0 Å². The molecule has 0 unspecified atom stereocenters. The molecule has 2 rings (SSSR count). The number of hydrogen-bond donors (Lipinski definition) is 2. The summed E-state index contributed by atoms with van der Waals surface area (Å²) in [5, 5.41) is 0. The largest absolute Gasteiger partial charge is 0.493 e. The average Bonchev–Trinajstić information content (AvgIpc) is 2.52. The van der Waals surface area contributed by atoms with Crippen LogP contribution in [0, 0.1) is 5.92 Å². The van der Waals surface area contributed by atoms with Gasteiger partial charge in [-0.15, -0.1) is 0 Å². The third-order valence-corrected chi connectivity index (χ3v) is 3.78. The summed E-state index contributed by atoms with van der Waals surface area (Å²) >= 11 is 0. The number of hydrogen-bond acceptors (Lipinski definition) is 3. The van der Waals surface area contributed by atoms with Gasteiger partial charge in [-0.1, -0.05) is 31.4 Å².